The van der Waals surface area contributed by atoms with E-state index >= 15 is 0 Å². The van der Waals surface area contributed by atoms with Crippen LogP contribution >= 0.6 is 0 Å². The lowest BCUT2D eigenvalue weighted by Gasteiger charge is -2.26. The number of aliphatic hydroxyl groups is 1. The SMILES string of the molecule is CCCOc1ccc([C@H]2C(C(=O)/C=C/c3ccccc3)=C(O)C(=O)N2Cc2cccnc2)cc1. The van der Waals surface area contributed by atoms with Gasteiger partial charge in [-0.3, -0.25) is 14.6 Å². The van der Waals surface area contributed by atoms with Crippen molar-refractivity contribution in [2.45, 2.75) is 25.9 Å². The molecule has 1 amide bonds. The Morgan fingerprint density at radius 3 is 2.53 bits per heavy atom. The fraction of sp³-hybridized carbons (Fsp3) is 0.179. The molecule has 172 valence electrons. The van der Waals surface area contributed by atoms with Gasteiger partial charge in [-0.2, -0.15) is 0 Å². The van der Waals surface area contributed by atoms with Crippen LogP contribution in [0.15, 0.2) is 96.5 Å². The van der Waals surface area contributed by atoms with Crippen LogP contribution in [-0.2, 0) is 16.1 Å². The Bertz CT molecular complexity index is 1200. The summed E-state index contributed by atoms with van der Waals surface area (Å²) in [6.45, 7) is 2.83. The average Bonchev–Trinajstić information content (AvgIpc) is 3.12. The van der Waals surface area contributed by atoms with Crippen LogP contribution in [0.4, 0.5) is 0 Å². The Kier molecular flexibility index (Phi) is 7.18. The molecule has 6 heteroatoms. The van der Waals surface area contributed by atoms with E-state index in [1.165, 1.54) is 11.0 Å². The molecule has 2 aromatic carbocycles. The number of amides is 1. The molecule has 0 bridgehead atoms. The quantitative estimate of drug-likeness (QED) is 0.458. The van der Waals surface area contributed by atoms with Crippen molar-refractivity contribution in [2.24, 2.45) is 0 Å². The Labute approximate surface area is 198 Å². The first-order valence-corrected chi connectivity index (χ1v) is 11.2. The van der Waals surface area contributed by atoms with Crippen molar-refractivity contribution < 1.29 is 19.4 Å². The number of rotatable bonds is 9. The number of ketones is 1. The number of hydrogen-bond acceptors (Lipinski definition) is 5. The number of carbonyl (C=O) groups is 2. The molecule has 0 spiro atoms. The minimum Gasteiger partial charge on any atom is -0.503 e. The van der Waals surface area contributed by atoms with Gasteiger partial charge < -0.3 is 14.7 Å². The number of hydrogen-bond donors (Lipinski definition) is 1. The molecular formula is C28H26N2O4. The zero-order chi connectivity index (χ0) is 23.9. The lowest BCUT2D eigenvalue weighted by Crippen LogP contribution is -2.30. The zero-order valence-electron chi connectivity index (χ0n) is 18.9. The average molecular weight is 455 g/mol. The predicted octanol–water partition coefficient (Wildman–Crippen LogP) is 5.05. The van der Waals surface area contributed by atoms with Gasteiger partial charge in [-0.25, -0.2) is 0 Å². The van der Waals surface area contributed by atoms with Gasteiger partial charge in [0.15, 0.2) is 11.5 Å². The number of aromatic nitrogens is 1. The van der Waals surface area contributed by atoms with E-state index in [9.17, 15) is 14.7 Å². The van der Waals surface area contributed by atoms with Crippen LogP contribution in [0.5, 0.6) is 5.75 Å². The third-order valence-corrected chi connectivity index (χ3v) is 5.54. The maximum atomic E-state index is 13.2. The fourth-order valence-electron chi connectivity index (χ4n) is 3.90. The lowest BCUT2D eigenvalue weighted by molar-refractivity contribution is -0.130. The molecule has 1 atom stereocenters. The maximum absolute atomic E-state index is 13.2. The van der Waals surface area contributed by atoms with Gasteiger partial charge in [0, 0.05) is 18.9 Å². The third kappa shape index (κ3) is 5.07. The molecular weight excluding hydrogens is 428 g/mol. The maximum Gasteiger partial charge on any atom is 0.290 e. The van der Waals surface area contributed by atoms with Crippen LogP contribution in [0.3, 0.4) is 0 Å². The van der Waals surface area contributed by atoms with E-state index in [1.807, 2.05) is 67.6 Å². The fourth-order valence-corrected chi connectivity index (χ4v) is 3.90. The summed E-state index contributed by atoms with van der Waals surface area (Å²) in [4.78, 5) is 31.9. The van der Waals surface area contributed by atoms with Crippen LogP contribution in [0, 0.1) is 0 Å². The number of nitrogens with zero attached hydrogens (tertiary/aromatic N) is 2. The molecule has 0 fully saturated rings. The van der Waals surface area contributed by atoms with Gasteiger partial charge >= 0.3 is 0 Å². The summed E-state index contributed by atoms with van der Waals surface area (Å²) in [5, 5.41) is 10.8. The molecule has 1 aliphatic rings. The van der Waals surface area contributed by atoms with Crippen LogP contribution < -0.4 is 4.74 Å². The van der Waals surface area contributed by atoms with Gasteiger partial charge in [-0.15, -0.1) is 0 Å². The van der Waals surface area contributed by atoms with Crippen LogP contribution in [0.25, 0.3) is 6.08 Å². The van der Waals surface area contributed by atoms with Crippen molar-refractivity contribution in [3.05, 3.63) is 113 Å². The van der Waals surface area contributed by atoms with E-state index < -0.39 is 23.5 Å². The molecule has 34 heavy (non-hydrogen) atoms. The molecule has 1 aliphatic heterocycles. The third-order valence-electron chi connectivity index (χ3n) is 5.54. The highest BCUT2D eigenvalue weighted by Crippen LogP contribution is 2.39. The molecule has 0 aliphatic carbocycles. The summed E-state index contributed by atoms with van der Waals surface area (Å²) < 4.78 is 5.67. The number of carbonyl (C=O) groups excluding carboxylic acids is 2. The normalized spacial score (nSPS) is 15.9. The molecule has 0 saturated carbocycles. The van der Waals surface area contributed by atoms with E-state index in [0.29, 0.717) is 17.9 Å². The predicted molar refractivity (Wildman–Crippen MR) is 130 cm³/mol. The van der Waals surface area contributed by atoms with Crippen molar-refractivity contribution in [1.29, 1.82) is 0 Å². The van der Waals surface area contributed by atoms with Gasteiger partial charge in [-0.05, 0) is 47.4 Å². The molecule has 1 N–H and O–H groups in total. The molecule has 0 radical (unpaired) electrons. The monoisotopic (exact) mass is 454 g/mol. The number of allylic oxidation sites excluding steroid dienone is 1. The zero-order valence-corrected chi connectivity index (χ0v) is 18.9. The van der Waals surface area contributed by atoms with E-state index in [1.54, 1.807) is 24.5 Å². The number of benzene rings is 2. The van der Waals surface area contributed by atoms with E-state index in [0.717, 1.165) is 17.5 Å². The Hall–Kier alpha value is -4.19. The van der Waals surface area contributed by atoms with Crippen molar-refractivity contribution in [3.8, 4) is 5.75 Å². The van der Waals surface area contributed by atoms with Crippen LogP contribution in [-0.4, -0.2) is 33.3 Å². The standard InChI is InChI=1S/C28H26N2O4/c1-2-17-34-23-13-11-22(12-14-23)26-25(24(31)15-10-20-7-4-3-5-8-20)27(32)28(33)30(26)19-21-9-6-16-29-18-21/h3-16,18,26,32H,2,17,19H2,1H3/b15-10+/t26-/m0/s1. The summed E-state index contributed by atoms with van der Waals surface area (Å²) in [6.07, 6.45) is 7.28. The number of ether oxygens (including phenoxy) is 1. The Morgan fingerprint density at radius 1 is 1.09 bits per heavy atom. The second kappa shape index (κ2) is 10.6. The van der Waals surface area contributed by atoms with Crippen molar-refractivity contribution in [1.82, 2.24) is 9.88 Å². The number of pyridine rings is 1. The van der Waals surface area contributed by atoms with Crippen molar-refractivity contribution >= 4 is 17.8 Å². The van der Waals surface area contributed by atoms with Crippen LogP contribution in [0.2, 0.25) is 0 Å². The molecule has 6 nitrogen and oxygen atoms in total. The molecule has 0 unspecified atom stereocenters. The summed E-state index contributed by atoms with van der Waals surface area (Å²) in [7, 11) is 0. The molecule has 0 saturated heterocycles. The van der Waals surface area contributed by atoms with Crippen molar-refractivity contribution in [3.63, 3.8) is 0 Å². The summed E-state index contributed by atoms with van der Waals surface area (Å²) in [5.41, 5.74) is 2.41. The van der Waals surface area contributed by atoms with Gasteiger partial charge in [0.2, 0.25) is 0 Å². The highest BCUT2D eigenvalue weighted by Gasteiger charge is 2.42. The second-order valence-corrected chi connectivity index (χ2v) is 7.98. The Balaban J connectivity index is 1.69. The van der Waals surface area contributed by atoms with Gasteiger partial charge in [0.25, 0.3) is 5.91 Å². The first-order chi connectivity index (χ1) is 16.6. The molecule has 1 aromatic heterocycles. The van der Waals surface area contributed by atoms with Gasteiger partial charge in [0.05, 0.1) is 18.2 Å². The molecule has 4 rings (SSSR count). The summed E-state index contributed by atoms with van der Waals surface area (Å²) >= 11 is 0. The highest BCUT2D eigenvalue weighted by atomic mass is 16.5. The summed E-state index contributed by atoms with van der Waals surface area (Å²) in [5.74, 6) is -0.821. The Morgan fingerprint density at radius 2 is 1.85 bits per heavy atom. The number of aliphatic hydroxyl groups excluding tert-OH is 1. The first kappa shape index (κ1) is 23.0. The van der Waals surface area contributed by atoms with E-state index in [4.69, 9.17) is 4.74 Å². The van der Waals surface area contributed by atoms with Crippen molar-refractivity contribution in [2.75, 3.05) is 6.61 Å². The first-order valence-electron chi connectivity index (χ1n) is 11.2. The smallest absolute Gasteiger partial charge is 0.290 e. The van der Waals surface area contributed by atoms with E-state index in [-0.39, 0.29) is 12.1 Å². The highest BCUT2D eigenvalue weighted by molar-refractivity contribution is 6.14. The topological polar surface area (TPSA) is 79.7 Å². The second-order valence-electron chi connectivity index (χ2n) is 7.98. The minimum absolute atomic E-state index is 0.0586. The largest absolute Gasteiger partial charge is 0.503 e. The summed E-state index contributed by atoms with van der Waals surface area (Å²) in [6, 6.07) is 19.6. The minimum atomic E-state index is -0.735. The van der Waals surface area contributed by atoms with Crippen LogP contribution in [0.1, 0.15) is 36.1 Å². The van der Waals surface area contributed by atoms with Gasteiger partial charge in [0.1, 0.15) is 5.75 Å². The molecule has 3 aromatic rings. The molecule has 2 heterocycles. The van der Waals surface area contributed by atoms with Gasteiger partial charge in [-0.1, -0.05) is 61.5 Å². The lowest BCUT2D eigenvalue weighted by atomic mass is 9.95. The van der Waals surface area contributed by atoms with E-state index in [2.05, 4.69) is 4.98 Å².